The van der Waals surface area contributed by atoms with E-state index >= 15 is 0 Å². The molecule has 0 aliphatic carbocycles. The van der Waals surface area contributed by atoms with Crippen LogP contribution < -0.4 is 10.2 Å². The van der Waals surface area contributed by atoms with Crippen molar-refractivity contribution in [3.05, 3.63) is 60.2 Å². The molecule has 0 spiro atoms. The SMILES string of the molecule is COCCN1C(=O)c2ccccc2N2C(=O)CC[C@]12C(=O)Nc1ccccc1. The predicted octanol–water partition coefficient (Wildman–Crippen LogP) is 2.25. The summed E-state index contributed by atoms with van der Waals surface area (Å²) in [7, 11) is 1.54. The zero-order valence-corrected chi connectivity index (χ0v) is 15.6. The van der Waals surface area contributed by atoms with E-state index in [1.807, 2.05) is 18.2 Å². The molecule has 0 aromatic heterocycles. The van der Waals surface area contributed by atoms with E-state index in [4.69, 9.17) is 4.74 Å². The minimum atomic E-state index is -1.41. The van der Waals surface area contributed by atoms with Gasteiger partial charge in [0, 0.05) is 32.2 Å². The molecule has 2 aromatic carbocycles. The van der Waals surface area contributed by atoms with Crippen LogP contribution in [0, 0.1) is 0 Å². The maximum atomic E-state index is 13.5. The molecule has 1 fully saturated rings. The van der Waals surface area contributed by atoms with Gasteiger partial charge in [0.1, 0.15) is 0 Å². The summed E-state index contributed by atoms with van der Waals surface area (Å²) in [6, 6.07) is 15.9. The number of para-hydroxylation sites is 2. The fourth-order valence-corrected chi connectivity index (χ4v) is 4.02. The Bertz CT molecular complexity index is 930. The molecule has 2 heterocycles. The zero-order chi connectivity index (χ0) is 19.7. The zero-order valence-electron chi connectivity index (χ0n) is 15.6. The van der Waals surface area contributed by atoms with Crippen molar-refractivity contribution in [2.24, 2.45) is 0 Å². The molecule has 1 atom stereocenters. The average Bonchev–Trinajstić information content (AvgIpc) is 3.07. The predicted molar refractivity (Wildman–Crippen MR) is 104 cm³/mol. The van der Waals surface area contributed by atoms with E-state index in [-0.39, 0.29) is 37.8 Å². The first-order valence-electron chi connectivity index (χ1n) is 9.19. The second-order valence-electron chi connectivity index (χ2n) is 6.83. The summed E-state index contributed by atoms with van der Waals surface area (Å²) in [5.74, 6) is -0.851. The van der Waals surface area contributed by atoms with Gasteiger partial charge in [-0.2, -0.15) is 0 Å². The Balaban J connectivity index is 1.83. The van der Waals surface area contributed by atoms with Crippen molar-refractivity contribution in [1.29, 1.82) is 0 Å². The van der Waals surface area contributed by atoms with E-state index in [2.05, 4.69) is 5.32 Å². The highest BCUT2D eigenvalue weighted by Crippen LogP contribution is 2.44. The Labute approximate surface area is 162 Å². The van der Waals surface area contributed by atoms with Crippen LogP contribution in [0.25, 0.3) is 0 Å². The number of amides is 3. The highest BCUT2D eigenvalue weighted by atomic mass is 16.5. The van der Waals surface area contributed by atoms with Crippen LogP contribution in [0.15, 0.2) is 54.6 Å². The van der Waals surface area contributed by atoms with Gasteiger partial charge in [0.15, 0.2) is 0 Å². The Morgan fingerprint density at radius 2 is 1.82 bits per heavy atom. The maximum absolute atomic E-state index is 13.5. The minimum absolute atomic E-state index is 0.175. The van der Waals surface area contributed by atoms with Crippen LogP contribution in [0.5, 0.6) is 0 Å². The van der Waals surface area contributed by atoms with Crippen molar-refractivity contribution in [3.63, 3.8) is 0 Å². The molecular weight excluding hydrogens is 358 g/mol. The summed E-state index contributed by atoms with van der Waals surface area (Å²) in [5, 5.41) is 2.88. The van der Waals surface area contributed by atoms with Crippen LogP contribution in [-0.4, -0.2) is 48.5 Å². The molecule has 0 bridgehead atoms. The van der Waals surface area contributed by atoms with Gasteiger partial charge in [0.05, 0.1) is 17.9 Å². The third-order valence-corrected chi connectivity index (χ3v) is 5.29. The fraction of sp³-hybridized carbons (Fsp3) is 0.286. The number of fused-ring (bicyclic) bond motifs is 3. The monoisotopic (exact) mass is 379 g/mol. The first-order valence-corrected chi connectivity index (χ1v) is 9.19. The highest BCUT2D eigenvalue weighted by Gasteiger charge is 2.60. The molecule has 0 unspecified atom stereocenters. The molecule has 0 saturated carbocycles. The molecule has 2 aliphatic heterocycles. The largest absolute Gasteiger partial charge is 0.383 e. The lowest BCUT2D eigenvalue weighted by molar-refractivity contribution is -0.129. The molecule has 0 radical (unpaired) electrons. The number of nitrogens with one attached hydrogen (secondary N) is 1. The number of methoxy groups -OCH3 is 1. The van der Waals surface area contributed by atoms with Gasteiger partial charge in [-0.1, -0.05) is 30.3 Å². The number of ether oxygens (including phenoxy) is 1. The second-order valence-corrected chi connectivity index (χ2v) is 6.83. The smallest absolute Gasteiger partial charge is 0.271 e. The van der Waals surface area contributed by atoms with E-state index in [0.717, 1.165) is 0 Å². The Kier molecular flexibility index (Phi) is 4.60. The number of carbonyl (C=O) groups is 3. The lowest BCUT2D eigenvalue weighted by Crippen LogP contribution is -2.69. The van der Waals surface area contributed by atoms with Gasteiger partial charge >= 0.3 is 0 Å². The summed E-state index contributed by atoms with van der Waals surface area (Å²) < 4.78 is 5.17. The van der Waals surface area contributed by atoms with Gasteiger partial charge < -0.3 is 15.0 Å². The molecular formula is C21H21N3O4. The van der Waals surface area contributed by atoms with Gasteiger partial charge in [0.25, 0.3) is 11.8 Å². The molecule has 7 heteroatoms. The van der Waals surface area contributed by atoms with Gasteiger partial charge in [0.2, 0.25) is 11.6 Å². The van der Waals surface area contributed by atoms with Crippen LogP contribution in [-0.2, 0) is 14.3 Å². The minimum Gasteiger partial charge on any atom is -0.383 e. The molecule has 1 saturated heterocycles. The lowest BCUT2D eigenvalue weighted by Gasteiger charge is -2.49. The van der Waals surface area contributed by atoms with Crippen molar-refractivity contribution in [3.8, 4) is 0 Å². The number of benzene rings is 2. The Morgan fingerprint density at radius 3 is 2.57 bits per heavy atom. The topological polar surface area (TPSA) is 79.0 Å². The van der Waals surface area contributed by atoms with Crippen LogP contribution in [0.1, 0.15) is 23.2 Å². The van der Waals surface area contributed by atoms with Gasteiger partial charge in [-0.3, -0.25) is 19.3 Å². The van der Waals surface area contributed by atoms with Crippen LogP contribution >= 0.6 is 0 Å². The first-order chi connectivity index (χ1) is 13.6. The van der Waals surface area contributed by atoms with Crippen molar-refractivity contribution in [2.75, 3.05) is 30.5 Å². The Morgan fingerprint density at radius 1 is 1.11 bits per heavy atom. The number of hydrogen-bond acceptors (Lipinski definition) is 4. The van der Waals surface area contributed by atoms with Crippen LogP contribution in [0.3, 0.4) is 0 Å². The summed E-state index contributed by atoms with van der Waals surface area (Å²) in [4.78, 5) is 42.6. The van der Waals surface area contributed by atoms with Crippen molar-refractivity contribution < 1.29 is 19.1 Å². The van der Waals surface area contributed by atoms with Crippen LogP contribution in [0.2, 0.25) is 0 Å². The molecule has 4 rings (SSSR count). The molecule has 144 valence electrons. The normalized spacial score (nSPS) is 20.8. The van der Waals surface area contributed by atoms with Crippen LogP contribution in [0.4, 0.5) is 11.4 Å². The van der Waals surface area contributed by atoms with Crippen molar-refractivity contribution in [2.45, 2.75) is 18.5 Å². The molecule has 3 amide bonds. The van der Waals surface area contributed by atoms with E-state index in [1.165, 1.54) is 16.9 Å². The number of carbonyl (C=O) groups excluding carboxylic acids is 3. The van der Waals surface area contributed by atoms with Crippen molar-refractivity contribution >= 4 is 29.1 Å². The van der Waals surface area contributed by atoms with Crippen molar-refractivity contribution in [1.82, 2.24) is 4.90 Å². The summed E-state index contributed by atoms with van der Waals surface area (Å²) in [5.41, 5.74) is 0.0970. The average molecular weight is 379 g/mol. The van der Waals surface area contributed by atoms with Gasteiger partial charge in [-0.05, 0) is 24.3 Å². The van der Waals surface area contributed by atoms with E-state index in [9.17, 15) is 14.4 Å². The van der Waals surface area contributed by atoms with E-state index < -0.39 is 11.6 Å². The maximum Gasteiger partial charge on any atom is 0.271 e. The molecule has 2 aliphatic rings. The third-order valence-electron chi connectivity index (χ3n) is 5.29. The fourth-order valence-electron chi connectivity index (χ4n) is 4.02. The lowest BCUT2D eigenvalue weighted by atomic mass is 9.95. The highest BCUT2D eigenvalue weighted by molar-refractivity contribution is 6.18. The first kappa shape index (κ1) is 18.2. The third kappa shape index (κ3) is 2.66. The summed E-state index contributed by atoms with van der Waals surface area (Å²) in [6.45, 7) is 0.464. The molecule has 1 N–H and O–H groups in total. The summed E-state index contributed by atoms with van der Waals surface area (Å²) >= 11 is 0. The van der Waals surface area contributed by atoms with Gasteiger partial charge in [-0.25, -0.2) is 0 Å². The molecule has 2 aromatic rings. The number of anilines is 2. The van der Waals surface area contributed by atoms with E-state index in [1.54, 1.807) is 36.4 Å². The number of nitrogens with zero attached hydrogens (tertiary/aromatic N) is 2. The molecule has 7 nitrogen and oxygen atoms in total. The quantitative estimate of drug-likeness (QED) is 0.864. The standard InChI is InChI=1S/C21H21N3O4/c1-28-14-13-23-19(26)16-9-5-6-10-17(16)24-18(25)11-12-21(23,24)20(27)22-15-7-3-2-4-8-15/h2-10H,11-14H2,1H3,(H,22,27)/t21-/m0/s1. The Hall–Kier alpha value is -3.19. The number of hydrogen-bond donors (Lipinski definition) is 1. The van der Waals surface area contributed by atoms with Gasteiger partial charge in [-0.15, -0.1) is 0 Å². The second kappa shape index (κ2) is 7.09. The number of rotatable bonds is 5. The van der Waals surface area contributed by atoms with E-state index in [0.29, 0.717) is 16.9 Å². The summed E-state index contributed by atoms with van der Waals surface area (Å²) in [6.07, 6.45) is 0.418. The molecule has 28 heavy (non-hydrogen) atoms.